The first-order valence-corrected chi connectivity index (χ1v) is 13.8. The van der Waals surface area contributed by atoms with E-state index in [2.05, 4.69) is 4.98 Å². The minimum atomic E-state index is -3.09. The fourth-order valence-electron chi connectivity index (χ4n) is 3.66. The van der Waals surface area contributed by atoms with Crippen LogP contribution < -0.4 is 0 Å². The van der Waals surface area contributed by atoms with Crippen molar-refractivity contribution in [2.24, 2.45) is 0 Å². The van der Waals surface area contributed by atoms with Gasteiger partial charge in [0.2, 0.25) is 5.91 Å². The third-order valence-electron chi connectivity index (χ3n) is 5.31. The van der Waals surface area contributed by atoms with Crippen LogP contribution in [-0.2, 0) is 21.2 Å². The van der Waals surface area contributed by atoms with Gasteiger partial charge < -0.3 is 4.90 Å². The van der Waals surface area contributed by atoms with Crippen molar-refractivity contribution in [3.8, 4) is 5.69 Å². The van der Waals surface area contributed by atoms with Crippen LogP contribution in [-0.4, -0.2) is 52.1 Å². The Labute approximate surface area is 195 Å². The standard InChI is InChI=1S/C21H22ClN3O3S3/c1-15-18(22)5-2-6-19(15)24-9-8-23-21(24)30-13-20(26)25(12-17-4-3-10-29-17)16-7-11-31(27,28)14-16/h2-6,8-10,16H,7,11-14H2,1H3. The Morgan fingerprint density at radius 3 is 2.90 bits per heavy atom. The molecular weight excluding hydrogens is 474 g/mol. The van der Waals surface area contributed by atoms with Crippen LogP contribution in [0.4, 0.5) is 0 Å². The molecule has 1 saturated heterocycles. The van der Waals surface area contributed by atoms with Crippen molar-refractivity contribution in [1.82, 2.24) is 14.5 Å². The Kier molecular flexibility index (Phi) is 6.76. The zero-order valence-electron chi connectivity index (χ0n) is 16.9. The molecule has 0 spiro atoms. The van der Waals surface area contributed by atoms with Crippen LogP contribution in [0.15, 0.2) is 53.3 Å². The summed E-state index contributed by atoms with van der Waals surface area (Å²) in [4.78, 5) is 20.4. The Morgan fingerprint density at radius 2 is 2.19 bits per heavy atom. The first-order chi connectivity index (χ1) is 14.8. The van der Waals surface area contributed by atoms with E-state index in [-0.39, 0.29) is 29.2 Å². The monoisotopic (exact) mass is 495 g/mol. The van der Waals surface area contributed by atoms with Crippen LogP contribution in [0.25, 0.3) is 5.69 Å². The van der Waals surface area contributed by atoms with Gasteiger partial charge in [-0.1, -0.05) is 35.5 Å². The fourth-order valence-corrected chi connectivity index (χ4v) is 7.11. The number of amides is 1. The van der Waals surface area contributed by atoms with Gasteiger partial charge in [-0.15, -0.1) is 11.3 Å². The lowest BCUT2D eigenvalue weighted by Gasteiger charge is -2.28. The van der Waals surface area contributed by atoms with Crippen LogP contribution in [0, 0.1) is 6.92 Å². The summed E-state index contributed by atoms with van der Waals surface area (Å²) in [6.45, 7) is 2.37. The van der Waals surface area contributed by atoms with Gasteiger partial charge in [0.25, 0.3) is 0 Å². The molecule has 164 valence electrons. The Bertz CT molecular complexity index is 1180. The average molecular weight is 496 g/mol. The average Bonchev–Trinajstić information content (AvgIpc) is 3.47. The third kappa shape index (κ3) is 5.16. The van der Waals surface area contributed by atoms with Gasteiger partial charge in [-0.3, -0.25) is 9.36 Å². The van der Waals surface area contributed by atoms with Crippen LogP contribution in [0.2, 0.25) is 5.02 Å². The second-order valence-electron chi connectivity index (χ2n) is 7.41. The lowest BCUT2D eigenvalue weighted by molar-refractivity contribution is -0.130. The summed E-state index contributed by atoms with van der Waals surface area (Å²) in [5, 5.41) is 3.32. The van der Waals surface area contributed by atoms with Gasteiger partial charge >= 0.3 is 0 Å². The Hall–Kier alpha value is -1.81. The number of thiophene rings is 1. The van der Waals surface area contributed by atoms with Crippen molar-refractivity contribution < 1.29 is 13.2 Å². The predicted molar refractivity (Wildman–Crippen MR) is 126 cm³/mol. The van der Waals surface area contributed by atoms with Crippen molar-refractivity contribution in [2.45, 2.75) is 31.1 Å². The van der Waals surface area contributed by atoms with Crippen molar-refractivity contribution in [3.05, 3.63) is 63.6 Å². The molecule has 1 aromatic carbocycles. The molecule has 0 radical (unpaired) electrons. The number of sulfone groups is 1. The van der Waals surface area contributed by atoms with E-state index in [0.717, 1.165) is 16.1 Å². The van der Waals surface area contributed by atoms with E-state index in [1.54, 1.807) is 22.4 Å². The Morgan fingerprint density at radius 1 is 1.35 bits per heavy atom. The number of carbonyl (C=O) groups is 1. The molecular formula is C21H22ClN3O3S3. The molecule has 3 heterocycles. The molecule has 6 nitrogen and oxygen atoms in total. The van der Waals surface area contributed by atoms with E-state index in [9.17, 15) is 13.2 Å². The maximum absolute atomic E-state index is 13.2. The number of imidazole rings is 1. The van der Waals surface area contributed by atoms with Gasteiger partial charge in [0.05, 0.1) is 29.5 Å². The van der Waals surface area contributed by atoms with Crippen molar-refractivity contribution in [3.63, 3.8) is 0 Å². The minimum Gasteiger partial charge on any atom is -0.333 e. The van der Waals surface area contributed by atoms with Gasteiger partial charge in [0.1, 0.15) is 0 Å². The number of nitrogens with zero attached hydrogens (tertiary/aromatic N) is 3. The minimum absolute atomic E-state index is 0.0329. The first kappa shape index (κ1) is 22.4. The maximum atomic E-state index is 13.2. The van der Waals surface area contributed by atoms with Gasteiger partial charge in [0.15, 0.2) is 15.0 Å². The highest BCUT2D eigenvalue weighted by atomic mass is 35.5. The normalized spacial score (nSPS) is 17.7. The van der Waals surface area contributed by atoms with Crippen LogP contribution in [0.3, 0.4) is 0 Å². The van der Waals surface area contributed by atoms with Crippen molar-refractivity contribution in [2.75, 3.05) is 17.3 Å². The zero-order chi connectivity index (χ0) is 22.0. The number of benzene rings is 1. The maximum Gasteiger partial charge on any atom is 0.233 e. The van der Waals surface area contributed by atoms with Gasteiger partial charge in [-0.05, 0) is 42.5 Å². The quantitative estimate of drug-likeness (QED) is 0.459. The van der Waals surface area contributed by atoms with Crippen molar-refractivity contribution >= 4 is 50.4 Å². The number of aromatic nitrogens is 2. The predicted octanol–water partition coefficient (Wildman–Crippen LogP) is 4.20. The summed E-state index contributed by atoms with van der Waals surface area (Å²) in [5.41, 5.74) is 1.85. The molecule has 31 heavy (non-hydrogen) atoms. The van der Waals surface area contributed by atoms with Gasteiger partial charge in [-0.2, -0.15) is 0 Å². The highest BCUT2D eigenvalue weighted by molar-refractivity contribution is 7.99. The molecule has 0 aliphatic carbocycles. The van der Waals surface area contributed by atoms with E-state index in [1.165, 1.54) is 11.8 Å². The summed E-state index contributed by atoms with van der Waals surface area (Å²) in [7, 11) is -3.09. The van der Waals surface area contributed by atoms with Gasteiger partial charge in [-0.25, -0.2) is 13.4 Å². The van der Waals surface area contributed by atoms with Crippen molar-refractivity contribution in [1.29, 1.82) is 0 Å². The summed E-state index contributed by atoms with van der Waals surface area (Å²) < 4.78 is 25.9. The lowest BCUT2D eigenvalue weighted by atomic mass is 10.2. The topological polar surface area (TPSA) is 72.3 Å². The summed E-state index contributed by atoms with van der Waals surface area (Å²) in [6.07, 6.45) is 4.03. The van der Waals surface area contributed by atoms with E-state index in [4.69, 9.17) is 11.6 Å². The molecule has 0 N–H and O–H groups in total. The molecule has 10 heteroatoms. The molecule has 1 amide bonds. The van der Waals surface area contributed by atoms with Crippen LogP contribution >= 0.6 is 34.7 Å². The highest BCUT2D eigenvalue weighted by Crippen LogP contribution is 2.28. The smallest absolute Gasteiger partial charge is 0.233 e. The first-order valence-electron chi connectivity index (χ1n) is 9.78. The van der Waals surface area contributed by atoms with E-state index < -0.39 is 9.84 Å². The number of thioether (sulfide) groups is 1. The fraction of sp³-hybridized carbons (Fsp3) is 0.333. The Balaban J connectivity index is 1.51. The summed E-state index contributed by atoms with van der Waals surface area (Å²) >= 11 is 9.18. The molecule has 1 atom stereocenters. The number of halogens is 1. The summed E-state index contributed by atoms with van der Waals surface area (Å²) in [5.74, 6) is 0.263. The molecule has 1 fully saturated rings. The lowest BCUT2D eigenvalue weighted by Crippen LogP contribution is -2.41. The van der Waals surface area contributed by atoms with Crippen LogP contribution in [0.1, 0.15) is 16.9 Å². The number of hydrogen-bond donors (Lipinski definition) is 0. The second kappa shape index (κ2) is 9.36. The summed E-state index contributed by atoms with van der Waals surface area (Å²) in [6, 6.07) is 9.30. The van der Waals surface area contributed by atoms with E-state index in [1.807, 2.05) is 53.4 Å². The molecule has 1 aliphatic heterocycles. The third-order valence-corrected chi connectivity index (χ3v) is 9.28. The van der Waals surface area contributed by atoms with Crippen LogP contribution in [0.5, 0.6) is 0 Å². The molecule has 2 aromatic heterocycles. The number of hydrogen-bond acceptors (Lipinski definition) is 6. The molecule has 4 rings (SSSR count). The largest absolute Gasteiger partial charge is 0.333 e. The SMILES string of the molecule is Cc1c(Cl)cccc1-n1ccnc1SCC(=O)N(Cc1cccs1)C1CCS(=O)(=O)C1. The number of carbonyl (C=O) groups excluding carboxylic acids is 1. The molecule has 1 aliphatic rings. The molecule has 0 saturated carbocycles. The number of rotatable bonds is 7. The second-order valence-corrected chi connectivity index (χ2v) is 12.0. The molecule has 1 unspecified atom stereocenters. The zero-order valence-corrected chi connectivity index (χ0v) is 20.1. The molecule has 3 aromatic rings. The van der Waals surface area contributed by atoms with Gasteiger partial charge in [0, 0.05) is 28.3 Å². The van der Waals surface area contributed by atoms with E-state index >= 15 is 0 Å². The highest BCUT2D eigenvalue weighted by Gasteiger charge is 2.34. The van der Waals surface area contributed by atoms with E-state index in [0.29, 0.717) is 23.1 Å². The molecule has 0 bridgehead atoms.